The molecule has 12 nitrogen and oxygen atoms in total. The van der Waals surface area contributed by atoms with Crippen molar-refractivity contribution in [2.75, 3.05) is 13.2 Å². The van der Waals surface area contributed by atoms with Gasteiger partial charge in [0.15, 0.2) is 0 Å². The van der Waals surface area contributed by atoms with Crippen LogP contribution in [0.4, 0.5) is 0 Å². The molecule has 2 aliphatic rings. The van der Waals surface area contributed by atoms with Gasteiger partial charge in [0.25, 0.3) is 23.6 Å². The number of carbonyl (C=O) groups excluding carboxylic acids is 6. The number of amides is 4. The SMILES string of the molecule is O=C(OCCCCCCCCCCCCOC(=O)c1ccc2c(c1)C(=O)N(OCc1ccccc1)C2=O)c1ccc2c(c1)C(=O)N(OCc1ccccc1)C2=O. The van der Waals surface area contributed by atoms with Gasteiger partial charge >= 0.3 is 11.9 Å². The Hall–Kier alpha value is -5.98. The van der Waals surface area contributed by atoms with Crippen molar-refractivity contribution in [1.29, 1.82) is 0 Å². The quantitative estimate of drug-likeness (QED) is 0.0464. The van der Waals surface area contributed by atoms with Crippen LogP contribution in [0.2, 0.25) is 0 Å². The standard InChI is InChI=1S/C44H44N2O10/c47-39-35-23-21-33(27-37(35)41(49)45(39)55-29-31-17-11-9-12-18-31)43(51)53-25-15-7-5-3-1-2-4-6-8-16-26-54-44(52)34-22-24-36-38(28-34)42(50)46(40(36)48)56-30-32-19-13-10-14-20-32/h9-14,17-24,27-28H,1-8,15-16,25-26,29-30H2. The summed E-state index contributed by atoms with van der Waals surface area (Å²) >= 11 is 0. The van der Waals surface area contributed by atoms with Gasteiger partial charge in [0.1, 0.15) is 13.2 Å². The maximum Gasteiger partial charge on any atom is 0.338 e. The number of unbranched alkanes of at least 4 members (excludes halogenated alkanes) is 9. The lowest BCUT2D eigenvalue weighted by molar-refractivity contribution is -0.101. The van der Waals surface area contributed by atoms with E-state index in [0.29, 0.717) is 0 Å². The van der Waals surface area contributed by atoms with Crippen molar-refractivity contribution in [3.8, 4) is 0 Å². The van der Waals surface area contributed by atoms with Crippen molar-refractivity contribution in [1.82, 2.24) is 10.1 Å². The van der Waals surface area contributed by atoms with Crippen LogP contribution < -0.4 is 0 Å². The topological polar surface area (TPSA) is 146 Å². The van der Waals surface area contributed by atoms with E-state index in [1.54, 1.807) is 0 Å². The predicted octanol–water partition coefficient (Wildman–Crippen LogP) is 8.06. The zero-order valence-corrected chi connectivity index (χ0v) is 31.1. The van der Waals surface area contributed by atoms with E-state index >= 15 is 0 Å². The number of imide groups is 2. The fraction of sp³-hybridized carbons (Fsp3) is 0.318. The summed E-state index contributed by atoms with van der Waals surface area (Å²) in [6.45, 7) is 0.665. The zero-order valence-electron chi connectivity index (χ0n) is 31.1. The Morgan fingerprint density at radius 1 is 0.411 bits per heavy atom. The molecule has 6 rings (SSSR count). The van der Waals surface area contributed by atoms with E-state index in [-0.39, 0.29) is 59.8 Å². The molecule has 0 saturated carbocycles. The lowest BCUT2D eigenvalue weighted by Gasteiger charge is -2.13. The van der Waals surface area contributed by atoms with Crippen LogP contribution in [-0.2, 0) is 32.4 Å². The molecular weight excluding hydrogens is 716 g/mol. The molecular formula is C44H44N2O10. The lowest BCUT2D eigenvalue weighted by Crippen LogP contribution is -2.29. The van der Waals surface area contributed by atoms with Gasteiger partial charge in [-0.25, -0.2) is 9.59 Å². The van der Waals surface area contributed by atoms with Crippen molar-refractivity contribution in [3.05, 3.63) is 142 Å². The number of hydroxylamine groups is 4. The highest BCUT2D eigenvalue weighted by molar-refractivity contribution is 6.22. The lowest BCUT2D eigenvalue weighted by atomic mass is 10.1. The fourth-order valence-electron chi connectivity index (χ4n) is 6.47. The molecule has 0 atom stereocenters. The van der Waals surface area contributed by atoms with Crippen molar-refractivity contribution in [2.45, 2.75) is 77.4 Å². The number of carbonyl (C=O) groups is 6. The first-order valence-electron chi connectivity index (χ1n) is 19.1. The first kappa shape index (κ1) is 39.7. The first-order chi connectivity index (χ1) is 27.3. The Morgan fingerprint density at radius 3 is 1.12 bits per heavy atom. The van der Waals surface area contributed by atoms with Gasteiger partial charge in [-0.2, -0.15) is 0 Å². The number of benzene rings is 4. The Kier molecular flexibility index (Phi) is 13.9. The second-order valence-electron chi connectivity index (χ2n) is 13.7. The number of hydrogen-bond donors (Lipinski definition) is 0. The third-order valence-corrected chi connectivity index (χ3v) is 9.58. The van der Waals surface area contributed by atoms with Gasteiger partial charge in [-0.15, -0.1) is 10.1 Å². The van der Waals surface area contributed by atoms with Gasteiger partial charge < -0.3 is 9.47 Å². The largest absolute Gasteiger partial charge is 0.462 e. The minimum Gasteiger partial charge on any atom is -0.462 e. The average molecular weight is 761 g/mol. The van der Waals surface area contributed by atoms with Crippen molar-refractivity contribution in [2.24, 2.45) is 0 Å². The molecule has 0 fully saturated rings. The minimum atomic E-state index is -0.608. The van der Waals surface area contributed by atoms with Gasteiger partial charge in [-0.05, 0) is 60.4 Å². The number of ether oxygens (including phenoxy) is 2. The molecule has 290 valence electrons. The molecule has 0 N–H and O–H groups in total. The summed E-state index contributed by atoms with van der Waals surface area (Å²) < 4.78 is 10.8. The van der Waals surface area contributed by atoms with E-state index in [1.807, 2.05) is 60.7 Å². The van der Waals surface area contributed by atoms with Crippen LogP contribution in [0.15, 0.2) is 97.1 Å². The summed E-state index contributed by atoms with van der Waals surface area (Å²) in [7, 11) is 0. The minimum absolute atomic E-state index is 0.0618. The van der Waals surface area contributed by atoms with Gasteiger partial charge in [-0.1, -0.05) is 112 Å². The van der Waals surface area contributed by atoms with Crippen LogP contribution in [-0.4, -0.2) is 58.9 Å². The van der Waals surface area contributed by atoms with Gasteiger partial charge in [0.2, 0.25) is 0 Å². The number of nitrogens with zero attached hydrogens (tertiary/aromatic N) is 2. The summed E-state index contributed by atoms with van der Waals surface area (Å²) in [5, 5.41) is 1.47. The molecule has 0 aliphatic carbocycles. The Labute approximate surface area is 325 Å². The maximum absolute atomic E-state index is 12.8. The van der Waals surface area contributed by atoms with Crippen molar-refractivity contribution >= 4 is 35.6 Å². The van der Waals surface area contributed by atoms with E-state index < -0.39 is 35.6 Å². The smallest absolute Gasteiger partial charge is 0.338 e. The van der Waals surface area contributed by atoms with Crippen LogP contribution in [0.3, 0.4) is 0 Å². The van der Waals surface area contributed by atoms with Gasteiger partial charge in [0, 0.05) is 0 Å². The molecule has 4 amide bonds. The number of fused-ring (bicyclic) bond motifs is 2. The molecule has 0 unspecified atom stereocenters. The average Bonchev–Trinajstić information content (AvgIpc) is 3.61. The molecule has 2 aliphatic heterocycles. The molecule has 56 heavy (non-hydrogen) atoms. The molecule has 12 heteroatoms. The second-order valence-corrected chi connectivity index (χ2v) is 13.7. The molecule has 2 heterocycles. The molecule has 0 aromatic heterocycles. The number of rotatable bonds is 21. The summed E-state index contributed by atoms with van der Waals surface area (Å²) in [5.41, 5.74) is 2.66. The zero-order chi connectivity index (χ0) is 39.3. The first-order valence-corrected chi connectivity index (χ1v) is 19.1. The molecule has 0 bridgehead atoms. The van der Waals surface area contributed by atoms with Crippen LogP contribution in [0.1, 0.15) is 137 Å². The van der Waals surface area contributed by atoms with E-state index in [2.05, 4.69) is 0 Å². The van der Waals surface area contributed by atoms with E-state index in [1.165, 1.54) is 36.4 Å². The van der Waals surface area contributed by atoms with Gasteiger partial charge in [-0.3, -0.25) is 28.9 Å². The second kappa shape index (κ2) is 19.6. The predicted molar refractivity (Wildman–Crippen MR) is 203 cm³/mol. The Morgan fingerprint density at radius 2 is 0.750 bits per heavy atom. The number of hydrogen-bond acceptors (Lipinski definition) is 10. The van der Waals surface area contributed by atoms with Crippen LogP contribution >= 0.6 is 0 Å². The van der Waals surface area contributed by atoms with Crippen LogP contribution in [0.5, 0.6) is 0 Å². The third-order valence-electron chi connectivity index (χ3n) is 9.58. The monoisotopic (exact) mass is 760 g/mol. The van der Waals surface area contributed by atoms with E-state index in [0.717, 1.165) is 85.5 Å². The highest BCUT2D eigenvalue weighted by atomic mass is 16.7. The summed E-state index contributed by atoms with van der Waals surface area (Å²) in [5.74, 6) is -3.42. The summed E-state index contributed by atoms with van der Waals surface area (Å²) in [6.07, 6.45) is 9.77. The normalized spacial score (nSPS) is 13.3. The molecule has 0 saturated heterocycles. The molecule has 0 spiro atoms. The molecule has 0 radical (unpaired) electrons. The van der Waals surface area contributed by atoms with Crippen LogP contribution in [0, 0.1) is 0 Å². The van der Waals surface area contributed by atoms with Crippen molar-refractivity contribution in [3.63, 3.8) is 0 Å². The fourth-order valence-corrected chi connectivity index (χ4v) is 6.47. The summed E-state index contributed by atoms with van der Waals surface area (Å²) in [6, 6.07) is 27.1. The highest BCUT2D eigenvalue weighted by Crippen LogP contribution is 2.27. The maximum atomic E-state index is 12.8. The Bertz CT molecular complexity index is 1900. The van der Waals surface area contributed by atoms with Crippen LogP contribution in [0.25, 0.3) is 0 Å². The van der Waals surface area contributed by atoms with Gasteiger partial charge in [0.05, 0.1) is 46.6 Å². The molecule has 4 aromatic rings. The Balaban J connectivity index is 0.777. The third kappa shape index (κ3) is 10.0. The van der Waals surface area contributed by atoms with E-state index in [4.69, 9.17) is 19.1 Å². The number of esters is 2. The van der Waals surface area contributed by atoms with Crippen molar-refractivity contribution < 1.29 is 47.9 Å². The highest BCUT2D eigenvalue weighted by Gasteiger charge is 2.39. The molecule has 4 aromatic carbocycles. The summed E-state index contributed by atoms with van der Waals surface area (Å²) in [4.78, 5) is 87.3. The van der Waals surface area contributed by atoms with E-state index in [9.17, 15) is 28.8 Å².